The molecule has 7 heteroatoms. The van der Waals surface area contributed by atoms with E-state index in [1.165, 1.54) is 0 Å². The Morgan fingerprint density at radius 3 is 2.45 bits per heavy atom. The first-order valence-corrected chi connectivity index (χ1v) is 11.5. The topological polar surface area (TPSA) is 83.6 Å². The minimum absolute atomic E-state index is 0.0228. The summed E-state index contributed by atoms with van der Waals surface area (Å²) in [6, 6.07) is 9.32. The van der Waals surface area contributed by atoms with E-state index in [2.05, 4.69) is 36.4 Å². The summed E-state index contributed by atoms with van der Waals surface area (Å²) in [4.78, 5) is 31.2. The largest absolute Gasteiger partial charge is 0.492 e. The number of amides is 2. The van der Waals surface area contributed by atoms with Gasteiger partial charge in [-0.15, -0.1) is 0 Å². The van der Waals surface area contributed by atoms with E-state index < -0.39 is 0 Å². The average molecular weight is 455 g/mol. The Hall–Kier alpha value is -3.09. The first-order chi connectivity index (χ1) is 15.5. The number of hydrogen-bond acceptors (Lipinski definition) is 5. The first-order valence-electron chi connectivity index (χ1n) is 11.5. The van der Waals surface area contributed by atoms with Crippen LogP contribution in [0.5, 0.6) is 5.75 Å². The Bertz CT molecular complexity index is 907. The lowest BCUT2D eigenvalue weighted by molar-refractivity contribution is -0.121. The maximum atomic E-state index is 13.3. The van der Waals surface area contributed by atoms with Crippen LogP contribution in [0.15, 0.2) is 42.7 Å². The van der Waals surface area contributed by atoms with Gasteiger partial charge in [0.05, 0.1) is 0 Å². The fourth-order valence-corrected chi connectivity index (χ4v) is 3.22. The second-order valence-electron chi connectivity index (χ2n) is 9.73. The zero-order valence-electron chi connectivity index (χ0n) is 20.8. The molecule has 2 rings (SSSR count). The second-order valence-corrected chi connectivity index (χ2v) is 9.73. The van der Waals surface area contributed by atoms with E-state index >= 15 is 0 Å². The normalized spacial score (nSPS) is 11.2. The smallest absolute Gasteiger partial charge is 0.254 e. The highest BCUT2D eigenvalue weighted by Crippen LogP contribution is 2.20. The molecule has 0 saturated carbocycles. The lowest BCUT2D eigenvalue weighted by atomic mass is 9.97. The molecule has 0 aliphatic heterocycles. The van der Waals surface area contributed by atoms with Crippen LogP contribution >= 0.6 is 0 Å². The highest BCUT2D eigenvalue weighted by Gasteiger charge is 2.21. The highest BCUT2D eigenvalue weighted by molar-refractivity contribution is 5.95. The molecule has 180 valence electrons. The molecular formula is C26H38N4O3. The Morgan fingerprint density at radius 2 is 1.82 bits per heavy atom. The van der Waals surface area contributed by atoms with E-state index in [0.717, 1.165) is 11.3 Å². The summed E-state index contributed by atoms with van der Waals surface area (Å²) in [6.45, 7) is 14.1. The zero-order chi connectivity index (χ0) is 24.4. The van der Waals surface area contributed by atoms with Crippen LogP contribution in [0.4, 0.5) is 5.69 Å². The van der Waals surface area contributed by atoms with Crippen molar-refractivity contribution in [2.75, 3.05) is 31.6 Å². The van der Waals surface area contributed by atoms with Crippen LogP contribution in [0.25, 0.3) is 0 Å². The number of nitrogens with zero attached hydrogens (tertiary/aromatic N) is 2. The van der Waals surface area contributed by atoms with Gasteiger partial charge >= 0.3 is 0 Å². The summed E-state index contributed by atoms with van der Waals surface area (Å²) in [5.41, 5.74) is 2.52. The Kier molecular flexibility index (Phi) is 9.70. The SMILES string of the molecule is Cc1cc(OCCNc2ccncc2)cc(C(=O)N(CCC(=O)NCC(C)(C)C)C(C)C)c1. The van der Waals surface area contributed by atoms with Crippen LogP contribution in [0.1, 0.15) is 57.0 Å². The highest BCUT2D eigenvalue weighted by atomic mass is 16.5. The van der Waals surface area contributed by atoms with Gasteiger partial charge in [0.1, 0.15) is 12.4 Å². The fraction of sp³-hybridized carbons (Fsp3) is 0.500. The number of aryl methyl sites for hydroxylation is 1. The molecule has 0 aliphatic rings. The van der Waals surface area contributed by atoms with Crippen LogP contribution in [0.2, 0.25) is 0 Å². The first kappa shape index (κ1) is 26.2. The summed E-state index contributed by atoms with van der Waals surface area (Å²) >= 11 is 0. The van der Waals surface area contributed by atoms with Crippen LogP contribution in [0, 0.1) is 12.3 Å². The van der Waals surface area contributed by atoms with Crippen LogP contribution in [-0.4, -0.2) is 54.0 Å². The van der Waals surface area contributed by atoms with Gasteiger partial charge in [-0.05, 0) is 62.1 Å². The van der Waals surface area contributed by atoms with Crippen LogP contribution in [-0.2, 0) is 4.79 Å². The van der Waals surface area contributed by atoms with Gasteiger partial charge in [0, 0.05) is 55.7 Å². The lowest BCUT2D eigenvalue weighted by Gasteiger charge is -2.27. The molecular weight excluding hydrogens is 416 g/mol. The summed E-state index contributed by atoms with van der Waals surface area (Å²) in [6.07, 6.45) is 3.74. The Balaban J connectivity index is 1.96. The van der Waals surface area contributed by atoms with Crippen molar-refractivity contribution in [1.29, 1.82) is 0 Å². The molecule has 1 aromatic carbocycles. The molecule has 0 spiro atoms. The molecule has 2 aromatic rings. The molecule has 0 radical (unpaired) electrons. The van der Waals surface area contributed by atoms with Gasteiger partial charge in [-0.2, -0.15) is 0 Å². The van der Waals surface area contributed by atoms with Crippen molar-refractivity contribution in [1.82, 2.24) is 15.2 Å². The molecule has 2 amide bonds. The number of benzene rings is 1. The molecule has 0 atom stereocenters. The Morgan fingerprint density at radius 1 is 1.12 bits per heavy atom. The minimum atomic E-state index is -0.0999. The van der Waals surface area contributed by atoms with Crippen molar-refractivity contribution in [3.8, 4) is 5.75 Å². The van der Waals surface area contributed by atoms with E-state index in [-0.39, 0.29) is 29.7 Å². The van der Waals surface area contributed by atoms with E-state index in [0.29, 0.717) is 37.6 Å². The van der Waals surface area contributed by atoms with Gasteiger partial charge in [0.15, 0.2) is 0 Å². The zero-order valence-corrected chi connectivity index (χ0v) is 20.8. The summed E-state index contributed by atoms with van der Waals surface area (Å²) in [7, 11) is 0. The molecule has 33 heavy (non-hydrogen) atoms. The number of hydrogen-bond donors (Lipinski definition) is 2. The number of carbonyl (C=O) groups excluding carboxylic acids is 2. The molecule has 0 unspecified atom stereocenters. The molecule has 0 aliphatic carbocycles. The van der Waals surface area contributed by atoms with E-state index in [1.807, 2.05) is 45.0 Å². The van der Waals surface area contributed by atoms with Crippen molar-refractivity contribution in [2.45, 2.75) is 54.0 Å². The third-order valence-electron chi connectivity index (χ3n) is 4.96. The van der Waals surface area contributed by atoms with Gasteiger partial charge in [-0.1, -0.05) is 20.8 Å². The van der Waals surface area contributed by atoms with Gasteiger partial charge in [0.2, 0.25) is 5.91 Å². The standard InChI is InChI=1S/C26H38N4O3/c1-19(2)30(13-9-24(31)29-18-26(4,5)6)25(32)21-15-20(3)16-23(17-21)33-14-12-28-22-7-10-27-11-8-22/h7-8,10-11,15-17,19H,9,12-14,18H2,1-6H3,(H,27,28)(H,29,31). The average Bonchev–Trinajstić information content (AvgIpc) is 2.75. The van der Waals surface area contributed by atoms with Crippen molar-refractivity contribution in [2.24, 2.45) is 5.41 Å². The van der Waals surface area contributed by atoms with Gasteiger partial charge in [0.25, 0.3) is 5.91 Å². The maximum Gasteiger partial charge on any atom is 0.254 e. The molecule has 1 aromatic heterocycles. The Labute approximate surface area is 197 Å². The number of pyridine rings is 1. The minimum Gasteiger partial charge on any atom is -0.492 e. The van der Waals surface area contributed by atoms with E-state index in [9.17, 15) is 9.59 Å². The molecule has 0 fully saturated rings. The lowest BCUT2D eigenvalue weighted by Crippen LogP contribution is -2.40. The molecule has 0 saturated heterocycles. The third kappa shape index (κ3) is 9.51. The fourth-order valence-electron chi connectivity index (χ4n) is 3.22. The molecule has 1 heterocycles. The number of anilines is 1. The number of nitrogens with one attached hydrogen (secondary N) is 2. The number of carbonyl (C=O) groups is 2. The van der Waals surface area contributed by atoms with Crippen LogP contribution in [0.3, 0.4) is 0 Å². The molecule has 0 bridgehead atoms. The number of aromatic nitrogens is 1. The predicted octanol–water partition coefficient (Wildman–Crippen LogP) is 4.28. The quantitative estimate of drug-likeness (QED) is 0.495. The van der Waals surface area contributed by atoms with E-state index in [1.54, 1.807) is 23.4 Å². The third-order valence-corrected chi connectivity index (χ3v) is 4.96. The summed E-state index contributed by atoms with van der Waals surface area (Å²) < 4.78 is 5.89. The molecule has 7 nitrogen and oxygen atoms in total. The van der Waals surface area contributed by atoms with Crippen molar-refractivity contribution < 1.29 is 14.3 Å². The van der Waals surface area contributed by atoms with Gasteiger partial charge in [-0.25, -0.2) is 0 Å². The van der Waals surface area contributed by atoms with E-state index in [4.69, 9.17) is 4.74 Å². The van der Waals surface area contributed by atoms with Crippen molar-refractivity contribution >= 4 is 17.5 Å². The predicted molar refractivity (Wildman–Crippen MR) is 133 cm³/mol. The van der Waals surface area contributed by atoms with Crippen LogP contribution < -0.4 is 15.4 Å². The number of ether oxygens (including phenoxy) is 1. The summed E-state index contributed by atoms with van der Waals surface area (Å²) in [5.74, 6) is 0.511. The van der Waals surface area contributed by atoms with Crippen molar-refractivity contribution in [3.05, 3.63) is 53.9 Å². The van der Waals surface area contributed by atoms with Gasteiger partial charge < -0.3 is 20.3 Å². The molecule has 2 N–H and O–H groups in total. The van der Waals surface area contributed by atoms with Gasteiger partial charge in [-0.3, -0.25) is 14.6 Å². The van der Waals surface area contributed by atoms with Crippen molar-refractivity contribution in [3.63, 3.8) is 0 Å². The maximum absolute atomic E-state index is 13.3. The number of rotatable bonds is 11. The second kappa shape index (κ2) is 12.2. The summed E-state index contributed by atoms with van der Waals surface area (Å²) in [5, 5.41) is 6.22. The monoisotopic (exact) mass is 454 g/mol.